The summed E-state index contributed by atoms with van der Waals surface area (Å²) < 4.78 is 0. The largest absolute Gasteiger partial charge is 4.00 e. The molecule has 3 N–H and O–H groups in total. The number of hydrogen-bond acceptors (Lipinski definition) is 13. The molecule has 0 aliphatic heterocycles. The second-order valence-corrected chi connectivity index (χ2v) is 0.894. The minimum absolute atomic E-state index is 0. The maximum atomic E-state index is 8.25. The Balaban J connectivity index is -0.0000000257. The minimum atomic E-state index is -1.75. The van der Waals surface area contributed by atoms with E-state index in [2.05, 4.69) is 0 Å². The van der Waals surface area contributed by atoms with Crippen molar-refractivity contribution >= 4 is 0 Å². The molecule has 0 aliphatic carbocycles. The first-order valence-corrected chi connectivity index (χ1v) is 2.19. The Morgan fingerprint density at radius 1 is 0.444 bits per heavy atom. The average Bonchev–Trinajstić information content (AvgIpc) is 1.76. The first kappa shape index (κ1) is 36.1. The van der Waals surface area contributed by atoms with Crippen LogP contribution in [0.2, 0.25) is 0 Å². The van der Waals surface area contributed by atoms with Crippen molar-refractivity contribution in [3.8, 4) is 0 Å². The van der Waals surface area contributed by atoms with Gasteiger partial charge in [-0.25, -0.2) is 0 Å². The van der Waals surface area contributed by atoms with E-state index >= 15 is 0 Å². The van der Waals surface area contributed by atoms with Gasteiger partial charge in [0.1, 0.15) is 0 Å². The van der Waals surface area contributed by atoms with Gasteiger partial charge in [-0.1, -0.05) is 0 Å². The molecule has 0 heterocycles. The Hall–Kier alpha value is -2.62. The van der Waals surface area contributed by atoms with Crippen molar-refractivity contribution in [3.63, 3.8) is 0 Å². The molecule has 18 heavy (non-hydrogen) atoms. The molecule has 0 saturated carbocycles. The molecule has 17 nitrogen and oxygen atoms in total. The topological polar surface area (TPSA) is 300 Å². The van der Waals surface area contributed by atoms with Crippen LogP contribution in [0.4, 0.5) is 0 Å². The summed E-state index contributed by atoms with van der Waals surface area (Å²) in [5, 5.41) is 59.0. The Morgan fingerprint density at radius 3 is 0.444 bits per heavy atom. The SMILES string of the molecule is N.O=[N+]([O-])[O-].O=[N+]([O-])[O-].O=[N+]([O-])[O-].O=[N+]([O-])[O-].[Ru+4]. The third-order valence-corrected chi connectivity index (χ3v) is 0. The van der Waals surface area contributed by atoms with Crippen molar-refractivity contribution in [1.82, 2.24) is 6.15 Å². The molecule has 0 atom stereocenters. The zero-order valence-electron chi connectivity index (χ0n) is 7.75. The fourth-order valence-corrected chi connectivity index (χ4v) is 0. The maximum absolute atomic E-state index is 8.25. The molecule has 0 saturated heterocycles. The molecule has 108 valence electrons. The molecule has 0 amide bonds. The van der Waals surface area contributed by atoms with Gasteiger partial charge in [-0.05, 0) is 0 Å². The van der Waals surface area contributed by atoms with Crippen LogP contribution in [0.5, 0.6) is 0 Å². The van der Waals surface area contributed by atoms with Crippen molar-refractivity contribution in [2.75, 3.05) is 0 Å². The first-order valence-electron chi connectivity index (χ1n) is 2.19. The van der Waals surface area contributed by atoms with Crippen molar-refractivity contribution < 1.29 is 39.8 Å². The van der Waals surface area contributed by atoms with E-state index in [-0.39, 0.29) is 25.6 Å². The third-order valence-electron chi connectivity index (χ3n) is 0. The molecule has 0 spiro atoms. The van der Waals surface area contributed by atoms with Gasteiger partial charge >= 0.3 is 19.5 Å². The average molecular weight is 366 g/mol. The molecule has 0 aliphatic rings. The van der Waals surface area contributed by atoms with Crippen LogP contribution in [-0.4, -0.2) is 20.3 Å². The van der Waals surface area contributed by atoms with Crippen molar-refractivity contribution in [3.05, 3.63) is 61.3 Å². The molecular formula is H3N5O12Ru. The second-order valence-electron chi connectivity index (χ2n) is 0.894. The smallest absolute Gasteiger partial charge is 0.356 e. The molecule has 0 unspecified atom stereocenters. The van der Waals surface area contributed by atoms with Gasteiger partial charge < -0.3 is 67.4 Å². The van der Waals surface area contributed by atoms with E-state index in [9.17, 15) is 0 Å². The summed E-state index contributed by atoms with van der Waals surface area (Å²) in [6, 6.07) is 0. The van der Waals surface area contributed by atoms with Gasteiger partial charge in [-0.15, -0.1) is 0 Å². The molecule has 18 heteroatoms. The van der Waals surface area contributed by atoms with Crippen LogP contribution in [0.25, 0.3) is 0 Å². The molecule has 0 aromatic carbocycles. The summed E-state index contributed by atoms with van der Waals surface area (Å²) in [6.45, 7) is 0. The minimum Gasteiger partial charge on any atom is -0.356 e. The van der Waals surface area contributed by atoms with E-state index in [1.165, 1.54) is 0 Å². The Kier molecular flexibility index (Phi) is 58.8. The van der Waals surface area contributed by atoms with Crippen LogP contribution in [0.1, 0.15) is 0 Å². The van der Waals surface area contributed by atoms with E-state index in [1.54, 1.807) is 0 Å². The van der Waals surface area contributed by atoms with E-state index in [1.807, 2.05) is 0 Å². The maximum Gasteiger partial charge on any atom is 4.00 e. The molecule has 0 fully saturated rings. The second kappa shape index (κ2) is 29.3. The van der Waals surface area contributed by atoms with Crippen LogP contribution in [0.3, 0.4) is 0 Å². The predicted molar refractivity (Wildman–Crippen MR) is 46.5 cm³/mol. The van der Waals surface area contributed by atoms with Crippen LogP contribution < -0.4 is 6.15 Å². The Morgan fingerprint density at radius 2 is 0.444 bits per heavy atom. The van der Waals surface area contributed by atoms with Gasteiger partial charge in [-0.3, -0.25) is 0 Å². The fraction of sp³-hybridized carbons (Fsp3) is 0. The predicted octanol–water partition coefficient (Wildman–Crippen LogP) is -0.797. The summed E-state index contributed by atoms with van der Waals surface area (Å²) >= 11 is 0. The van der Waals surface area contributed by atoms with Crippen LogP contribution in [0.15, 0.2) is 0 Å². The number of hydrogen-bond donors (Lipinski definition) is 1. The van der Waals surface area contributed by atoms with E-state index in [0.29, 0.717) is 0 Å². The summed E-state index contributed by atoms with van der Waals surface area (Å²) in [5.41, 5.74) is 0. The summed E-state index contributed by atoms with van der Waals surface area (Å²) in [6.07, 6.45) is 0. The van der Waals surface area contributed by atoms with Gasteiger partial charge in [0.05, 0.1) is 20.3 Å². The molecule has 0 rings (SSSR count). The van der Waals surface area contributed by atoms with Gasteiger partial charge in [0.25, 0.3) is 0 Å². The van der Waals surface area contributed by atoms with Gasteiger partial charge in [0.2, 0.25) is 0 Å². The normalized spacial score (nSPS) is 5.33. The molecule has 0 aromatic heterocycles. The van der Waals surface area contributed by atoms with Gasteiger partial charge in [-0.2, -0.15) is 0 Å². The standard InChI is InChI=1S/4NO3.H3N.Ru/c4*2-1(3)4;;/h;;;;1H3;/q4*-1;;+4. The summed E-state index contributed by atoms with van der Waals surface area (Å²) in [7, 11) is 0. The van der Waals surface area contributed by atoms with Gasteiger partial charge in [0.15, 0.2) is 0 Å². The van der Waals surface area contributed by atoms with Crippen LogP contribution in [-0.2, 0) is 19.5 Å². The molecule has 0 radical (unpaired) electrons. The van der Waals surface area contributed by atoms with Crippen molar-refractivity contribution in [1.29, 1.82) is 0 Å². The van der Waals surface area contributed by atoms with Gasteiger partial charge in [0, 0.05) is 0 Å². The zero-order chi connectivity index (χ0) is 14.3. The third kappa shape index (κ3) is 300. The van der Waals surface area contributed by atoms with E-state index in [4.69, 9.17) is 61.3 Å². The first-order chi connectivity index (χ1) is 6.93. The quantitative estimate of drug-likeness (QED) is 0.312. The Bertz CT molecular complexity index is 161. The number of rotatable bonds is 0. The molecule has 0 bridgehead atoms. The monoisotopic (exact) mass is 367 g/mol. The van der Waals surface area contributed by atoms with Crippen molar-refractivity contribution in [2.24, 2.45) is 0 Å². The molecule has 0 aromatic rings. The zero-order valence-corrected chi connectivity index (χ0v) is 9.49. The Labute approximate surface area is 108 Å². The van der Waals surface area contributed by atoms with E-state index < -0.39 is 20.3 Å². The fourth-order valence-electron chi connectivity index (χ4n) is 0. The van der Waals surface area contributed by atoms with Crippen LogP contribution >= 0.6 is 0 Å². The summed E-state index contributed by atoms with van der Waals surface area (Å²) in [4.78, 5) is 33.0. The molecular weight excluding hydrogens is 363 g/mol. The van der Waals surface area contributed by atoms with E-state index in [0.717, 1.165) is 0 Å². The van der Waals surface area contributed by atoms with Crippen LogP contribution in [0, 0.1) is 61.3 Å². The summed E-state index contributed by atoms with van der Waals surface area (Å²) in [5.74, 6) is 0. The van der Waals surface area contributed by atoms with Crippen molar-refractivity contribution in [2.45, 2.75) is 0 Å². The number of nitrogens with zero attached hydrogens (tertiary/aromatic N) is 4.